The zero-order chi connectivity index (χ0) is 29.1. The Morgan fingerprint density at radius 3 is 1.87 bits per heavy atom. The Morgan fingerprint density at radius 1 is 0.949 bits per heavy atom. The molecule has 2 aromatic carbocycles. The molecule has 0 bridgehead atoms. The number of fused-ring (bicyclic) bond motifs is 2. The van der Waals surface area contributed by atoms with Crippen molar-refractivity contribution in [1.29, 1.82) is 0 Å². The van der Waals surface area contributed by atoms with E-state index in [0.717, 1.165) is 52.4 Å². The number of aromatic hydroxyl groups is 1. The van der Waals surface area contributed by atoms with Crippen molar-refractivity contribution < 1.29 is 38.4 Å². The Kier molecular flexibility index (Phi) is 16.0. The second-order valence-corrected chi connectivity index (χ2v) is 22.2. The Bertz CT molecular complexity index is 1140. The van der Waals surface area contributed by atoms with Crippen molar-refractivity contribution in [2.45, 2.75) is 57.7 Å². The monoisotopic (exact) mass is 931 g/mol. The molecule has 2 aromatic rings. The van der Waals surface area contributed by atoms with Crippen LogP contribution in [0.15, 0.2) is 33.2 Å². The topological polar surface area (TPSA) is 134 Å². The van der Waals surface area contributed by atoms with Gasteiger partial charge in [-0.25, -0.2) is 0 Å². The van der Waals surface area contributed by atoms with E-state index in [9.17, 15) is 14.7 Å². The van der Waals surface area contributed by atoms with E-state index in [4.69, 9.17) is 25.7 Å². The zero-order valence-corrected chi connectivity index (χ0v) is 30.5. The SMILES string of the molecule is CCOC(COc1cc2c(cc1Br)CCC2C(N)=O)OCC.NC(=O)C1CCc2cc(Br)c(O)cc21.[I][V][I]. The standard InChI is InChI=1S/C16H22BrNO4.C10H10BrNO2.2HI.V/c1-3-20-15(21-4-2)9-22-14-8-12-10(7-13(14)17)5-6-11(12)16(18)19;11-8-3-5-1-2-6(10(12)14)7(5)4-9(8)13;;;/h7-8,11,15H,3-6,9H2,1-2H3,(H2,18,19);3-4,6,13H,1-2H2,(H2,12,14);2*1H;/q;;;;+2/p-2. The minimum absolute atomic E-state index is 0.164. The van der Waals surface area contributed by atoms with Crippen LogP contribution in [0.25, 0.3) is 0 Å². The maximum absolute atomic E-state index is 11.5. The fraction of sp³-hybridized carbons (Fsp3) is 0.462. The predicted octanol–water partition coefficient (Wildman–Crippen LogP) is 6.18. The molecule has 8 nitrogen and oxygen atoms in total. The molecule has 0 saturated carbocycles. The number of hydrogen-bond acceptors (Lipinski definition) is 6. The molecular formula is C26H32Br2I2N2O6V. The molecule has 0 radical (unpaired) electrons. The van der Waals surface area contributed by atoms with Crippen LogP contribution in [0.4, 0.5) is 0 Å². The molecule has 215 valence electrons. The number of hydrogen-bond donors (Lipinski definition) is 3. The van der Waals surface area contributed by atoms with E-state index in [1.54, 1.807) is 6.07 Å². The van der Waals surface area contributed by atoms with E-state index in [1.807, 2.05) is 32.0 Å². The van der Waals surface area contributed by atoms with Crippen molar-refractivity contribution in [3.05, 3.63) is 55.5 Å². The molecule has 0 fully saturated rings. The van der Waals surface area contributed by atoms with Gasteiger partial charge in [0.05, 0.1) is 20.8 Å². The summed E-state index contributed by atoms with van der Waals surface area (Å²) in [4.78, 5) is 22.6. The number of benzene rings is 2. The van der Waals surface area contributed by atoms with Crippen LogP contribution in [0.2, 0.25) is 0 Å². The average Bonchev–Trinajstić information content (AvgIpc) is 3.47. The zero-order valence-electron chi connectivity index (χ0n) is 21.6. The number of ether oxygens (including phenoxy) is 3. The van der Waals surface area contributed by atoms with Gasteiger partial charge in [0.2, 0.25) is 11.8 Å². The van der Waals surface area contributed by atoms with Crippen molar-refractivity contribution in [2.24, 2.45) is 11.5 Å². The fourth-order valence-electron chi connectivity index (χ4n) is 4.60. The number of amides is 2. The number of carbonyl (C=O) groups is 2. The van der Waals surface area contributed by atoms with E-state index >= 15 is 0 Å². The van der Waals surface area contributed by atoms with E-state index in [0.29, 0.717) is 39.5 Å². The van der Waals surface area contributed by atoms with Gasteiger partial charge in [0.1, 0.15) is 18.1 Å². The minimum atomic E-state index is -0.401. The molecule has 2 aliphatic carbocycles. The second-order valence-electron chi connectivity index (χ2n) is 8.69. The molecule has 4 rings (SSSR count). The molecule has 2 unspecified atom stereocenters. The average molecular weight is 933 g/mol. The van der Waals surface area contributed by atoms with Crippen molar-refractivity contribution in [2.75, 3.05) is 19.8 Å². The van der Waals surface area contributed by atoms with Crippen molar-refractivity contribution in [1.82, 2.24) is 0 Å². The number of nitrogens with two attached hydrogens (primary N) is 2. The van der Waals surface area contributed by atoms with Crippen LogP contribution in [0.5, 0.6) is 11.5 Å². The van der Waals surface area contributed by atoms with Crippen LogP contribution in [0.3, 0.4) is 0 Å². The summed E-state index contributed by atoms with van der Waals surface area (Å²) in [6, 6.07) is 7.39. The Morgan fingerprint density at radius 2 is 1.41 bits per heavy atom. The third-order valence-electron chi connectivity index (χ3n) is 6.32. The first kappa shape index (κ1) is 35.1. The third kappa shape index (κ3) is 10.3. The quantitative estimate of drug-likeness (QED) is 0.203. The molecule has 0 aliphatic heterocycles. The maximum atomic E-state index is 11.5. The van der Waals surface area contributed by atoms with Gasteiger partial charge < -0.3 is 30.8 Å². The van der Waals surface area contributed by atoms with E-state index in [-0.39, 0.29) is 29.4 Å². The van der Waals surface area contributed by atoms with Gasteiger partial charge in [-0.2, -0.15) is 0 Å². The Labute approximate surface area is 275 Å². The summed E-state index contributed by atoms with van der Waals surface area (Å²) in [5, 5.41) is 9.48. The first-order chi connectivity index (χ1) is 18.6. The third-order valence-corrected chi connectivity index (χ3v) is 7.58. The number of phenolic OH excluding ortho intramolecular Hbond substituents is 1. The fourth-order valence-corrected chi connectivity index (χ4v) is 5.49. The van der Waals surface area contributed by atoms with Crippen LogP contribution < -0.4 is 16.2 Å². The number of rotatable bonds is 9. The van der Waals surface area contributed by atoms with E-state index < -0.39 is 6.29 Å². The Balaban J connectivity index is 0.000000268. The number of carbonyl (C=O) groups excluding carboxylic acids is 2. The first-order valence-corrected chi connectivity index (χ1v) is 22.9. The number of aryl methyl sites for hydroxylation is 2. The summed E-state index contributed by atoms with van der Waals surface area (Å²) in [5.74, 6) is -0.212. The predicted molar refractivity (Wildman–Crippen MR) is 171 cm³/mol. The second kappa shape index (κ2) is 17.8. The summed E-state index contributed by atoms with van der Waals surface area (Å²) in [5.41, 5.74) is 14.8. The molecule has 2 atom stereocenters. The van der Waals surface area contributed by atoms with E-state index in [2.05, 4.69) is 71.8 Å². The summed E-state index contributed by atoms with van der Waals surface area (Å²) in [6.07, 6.45) is 2.83. The van der Waals surface area contributed by atoms with Gasteiger partial charge in [-0.15, -0.1) is 0 Å². The molecule has 2 aliphatic rings. The first-order valence-electron chi connectivity index (χ1n) is 12.3. The molecule has 0 heterocycles. The molecule has 5 N–H and O–H groups in total. The van der Waals surface area contributed by atoms with Crippen LogP contribution in [-0.4, -0.2) is 43.0 Å². The molecule has 2 amide bonds. The van der Waals surface area contributed by atoms with Crippen LogP contribution in [0, 0.1) is 0 Å². The Hall–Kier alpha value is -0.0956. The molecule has 39 heavy (non-hydrogen) atoms. The van der Waals surface area contributed by atoms with Crippen LogP contribution >= 0.6 is 71.8 Å². The number of phenols is 1. The molecular weight excluding hydrogens is 901 g/mol. The number of halogens is 4. The van der Waals surface area contributed by atoms with Gasteiger partial charge in [0.15, 0.2) is 6.29 Å². The van der Waals surface area contributed by atoms with Crippen molar-refractivity contribution in [3.8, 4) is 11.5 Å². The summed E-state index contributed by atoms with van der Waals surface area (Å²) < 4.78 is 18.3. The summed E-state index contributed by atoms with van der Waals surface area (Å²) >= 11 is 11.5. The van der Waals surface area contributed by atoms with Gasteiger partial charge in [0.25, 0.3) is 0 Å². The van der Waals surface area contributed by atoms with Crippen molar-refractivity contribution in [3.63, 3.8) is 0 Å². The molecule has 13 heteroatoms. The van der Waals surface area contributed by atoms with Crippen molar-refractivity contribution >= 4 is 83.6 Å². The summed E-state index contributed by atoms with van der Waals surface area (Å²) in [7, 11) is 0.628. The molecule has 0 spiro atoms. The van der Waals surface area contributed by atoms with Gasteiger partial charge >= 0.3 is 49.4 Å². The van der Waals surface area contributed by atoms with E-state index in [1.165, 1.54) is 0 Å². The molecule has 0 aromatic heterocycles. The summed E-state index contributed by atoms with van der Waals surface area (Å²) in [6.45, 7) is 5.23. The van der Waals surface area contributed by atoms with Crippen LogP contribution in [-0.2, 0) is 41.4 Å². The normalized spacial score (nSPS) is 16.8. The number of primary amides is 2. The van der Waals surface area contributed by atoms with Gasteiger partial charge in [-0.05, 0) is 118 Å². The molecule has 0 saturated heterocycles. The van der Waals surface area contributed by atoms with Crippen LogP contribution in [0.1, 0.15) is 60.8 Å². The van der Waals surface area contributed by atoms with Gasteiger partial charge in [0, 0.05) is 13.2 Å². The van der Waals surface area contributed by atoms with Gasteiger partial charge in [-0.3, -0.25) is 9.59 Å². The van der Waals surface area contributed by atoms with Gasteiger partial charge in [-0.1, -0.05) is 0 Å².